The van der Waals surface area contributed by atoms with Crippen molar-refractivity contribution in [1.29, 1.82) is 0 Å². The summed E-state index contributed by atoms with van der Waals surface area (Å²) in [6, 6.07) is 24.1. The van der Waals surface area contributed by atoms with Gasteiger partial charge >= 0.3 is 0 Å². The monoisotopic (exact) mass is 389 g/mol. The fourth-order valence-corrected chi connectivity index (χ4v) is 3.46. The van der Waals surface area contributed by atoms with Crippen LogP contribution in [-0.2, 0) is 7.05 Å². The summed E-state index contributed by atoms with van der Waals surface area (Å²) in [4.78, 5) is 18.3. The number of fused-ring (bicyclic) bond motifs is 2. The lowest BCUT2D eigenvalue weighted by Crippen LogP contribution is -1.99. The molecule has 0 saturated carbocycles. The van der Waals surface area contributed by atoms with Crippen LogP contribution >= 0.6 is 0 Å². The van der Waals surface area contributed by atoms with Crippen LogP contribution in [0.15, 0.2) is 95.2 Å². The lowest BCUT2D eigenvalue weighted by atomic mass is 10.2. The van der Waals surface area contributed by atoms with Crippen molar-refractivity contribution in [2.45, 2.75) is 0 Å². The van der Waals surface area contributed by atoms with Crippen LogP contribution in [-0.4, -0.2) is 27.0 Å². The van der Waals surface area contributed by atoms with E-state index < -0.39 is 0 Å². The van der Waals surface area contributed by atoms with Gasteiger partial charge in [-0.3, -0.25) is 20.0 Å². The molecule has 3 heterocycles. The number of rotatable bonds is 4. The molecule has 0 saturated heterocycles. The van der Waals surface area contributed by atoms with E-state index in [1.807, 2.05) is 92.3 Å². The molecule has 0 amide bonds. The highest BCUT2D eigenvalue weighted by Gasteiger charge is 2.04. The maximum absolute atomic E-state index is 4.68. The SMILES string of the molecule is Cn1c(C=Nc2cccc3cccnc23)ccc1C=Nc1cccc2cccnc12. The smallest absolute Gasteiger partial charge is 0.0958 e. The van der Waals surface area contributed by atoms with Gasteiger partial charge in [0.1, 0.15) is 0 Å². The summed E-state index contributed by atoms with van der Waals surface area (Å²) in [6.45, 7) is 0. The van der Waals surface area contributed by atoms with Crippen LogP contribution in [0.1, 0.15) is 11.4 Å². The maximum atomic E-state index is 4.68. The van der Waals surface area contributed by atoms with Crippen LogP contribution < -0.4 is 0 Å². The summed E-state index contributed by atoms with van der Waals surface area (Å²) in [5.41, 5.74) is 5.48. The van der Waals surface area contributed by atoms with Crippen molar-refractivity contribution in [2.24, 2.45) is 17.0 Å². The van der Waals surface area contributed by atoms with Crippen LogP contribution in [0.5, 0.6) is 0 Å². The Bertz CT molecular complexity index is 1290. The first-order valence-corrected chi connectivity index (χ1v) is 9.71. The second-order valence-corrected chi connectivity index (χ2v) is 6.96. The van der Waals surface area contributed by atoms with E-state index in [4.69, 9.17) is 0 Å². The minimum atomic E-state index is 0.853. The van der Waals surface area contributed by atoms with E-state index in [1.54, 1.807) is 12.4 Å². The van der Waals surface area contributed by atoms with Gasteiger partial charge in [0.15, 0.2) is 0 Å². The number of aliphatic imine (C=N–C) groups is 2. The third kappa shape index (κ3) is 3.37. The van der Waals surface area contributed by atoms with Crippen molar-refractivity contribution in [3.8, 4) is 0 Å². The van der Waals surface area contributed by atoms with Gasteiger partial charge in [0.05, 0.1) is 46.2 Å². The number of pyridine rings is 2. The molecule has 0 unspecified atom stereocenters. The summed E-state index contributed by atoms with van der Waals surface area (Å²) in [7, 11) is 2.01. The van der Waals surface area contributed by atoms with Gasteiger partial charge in [0.25, 0.3) is 0 Å². The third-order valence-electron chi connectivity index (χ3n) is 5.09. The minimum absolute atomic E-state index is 0.853. The van der Waals surface area contributed by atoms with Gasteiger partial charge in [-0.2, -0.15) is 0 Å². The molecule has 0 aliphatic heterocycles. The maximum Gasteiger partial charge on any atom is 0.0958 e. The van der Waals surface area contributed by atoms with Crippen molar-refractivity contribution < 1.29 is 0 Å². The van der Waals surface area contributed by atoms with Crippen LogP contribution in [0, 0.1) is 0 Å². The third-order valence-corrected chi connectivity index (χ3v) is 5.09. The Morgan fingerprint density at radius 2 is 1.10 bits per heavy atom. The molecule has 0 N–H and O–H groups in total. The van der Waals surface area contributed by atoms with Gasteiger partial charge in [-0.1, -0.05) is 36.4 Å². The molecule has 5 aromatic rings. The minimum Gasteiger partial charge on any atom is -0.342 e. The van der Waals surface area contributed by atoms with Crippen molar-refractivity contribution in [2.75, 3.05) is 0 Å². The second-order valence-electron chi connectivity index (χ2n) is 6.96. The molecule has 3 aromatic heterocycles. The van der Waals surface area contributed by atoms with Crippen molar-refractivity contribution in [3.05, 3.63) is 96.6 Å². The molecule has 2 aromatic carbocycles. The number of aromatic nitrogens is 3. The van der Waals surface area contributed by atoms with Crippen molar-refractivity contribution in [1.82, 2.24) is 14.5 Å². The molecule has 5 nitrogen and oxygen atoms in total. The van der Waals surface area contributed by atoms with E-state index in [0.717, 1.165) is 44.6 Å². The molecular formula is C25H19N5. The number of benzene rings is 2. The summed E-state index contributed by atoms with van der Waals surface area (Å²) in [5, 5.41) is 2.16. The van der Waals surface area contributed by atoms with Crippen LogP contribution in [0.4, 0.5) is 11.4 Å². The number of hydrogen-bond donors (Lipinski definition) is 0. The molecule has 144 valence electrons. The molecule has 0 atom stereocenters. The fourth-order valence-electron chi connectivity index (χ4n) is 3.46. The van der Waals surface area contributed by atoms with Crippen molar-refractivity contribution in [3.63, 3.8) is 0 Å². The van der Waals surface area contributed by atoms with E-state index in [0.29, 0.717) is 0 Å². The number of hydrogen-bond acceptors (Lipinski definition) is 4. The lowest BCUT2D eigenvalue weighted by molar-refractivity contribution is 0.909. The molecule has 0 aliphatic rings. The summed E-state index contributed by atoms with van der Waals surface area (Å²) in [6.07, 6.45) is 7.31. The average molecular weight is 389 g/mol. The van der Waals surface area contributed by atoms with Crippen LogP contribution in [0.25, 0.3) is 21.8 Å². The zero-order valence-electron chi connectivity index (χ0n) is 16.5. The normalized spacial score (nSPS) is 11.9. The first-order chi connectivity index (χ1) is 14.8. The lowest BCUT2D eigenvalue weighted by Gasteiger charge is -2.03. The van der Waals surface area contributed by atoms with Crippen LogP contribution in [0.2, 0.25) is 0 Å². The zero-order chi connectivity index (χ0) is 20.3. The zero-order valence-corrected chi connectivity index (χ0v) is 16.5. The van der Waals surface area contributed by atoms with Crippen molar-refractivity contribution >= 4 is 45.6 Å². The molecule has 0 bridgehead atoms. The Morgan fingerprint density at radius 1 is 0.633 bits per heavy atom. The fraction of sp³-hybridized carbons (Fsp3) is 0.0400. The highest BCUT2D eigenvalue weighted by molar-refractivity contribution is 5.94. The number of para-hydroxylation sites is 2. The molecule has 30 heavy (non-hydrogen) atoms. The Balaban J connectivity index is 1.44. The van der Waals surface area contributed by atoms with Crippen LogP contribution in [0.3, 0.4) is 0 Å². The van der Waals surface area contributed by atoms with Gasteiger partial charge in [-0.25, -0.2) is 0 Å². The van der Waals surface area contributed by atoms with Gasteiger partial charge in [0, 0.05) is 30.2 Å². The summed E-state index contributed by atoms with van der Waals surface area (Å²) < 4.78 is 2.06. The first kappa shape index (κ1) is 17.9. The van der Waals surface area contributed by atoms with E-state index in [9.17, 15) is 0 Å². The molecule has 0 aliphatic carbocycles. The van der Waals surface area contributed by atoms with E-state index in [-0.39, 0.29) is 0 Å². The molecular weight excluding hydrogens is 370 g/mol. The number of nitrogens with zero attached hydrogens (tertiary/aromatic N) is 5. The van der Waals surface area contributed by atoms with Gasteiger partial charge in [-0.15, -0.1) is 0 Å². The quantitative estimate of drug-likeness (QED) is 0.374. The predicted octanol–water partition coefficient (Wildman–Crippen LogP) is 5.62. The summed E-state index contributed by atoms with van der Waals surface area (Å²) in [5.74, 6) is 0. The summed E-state index contributed by atoms with van der Waals surface area (Å²) >= 11 is 0. The average Bonchev–Trinajstić information content (AvgIpc) is 3.15. The molecule has 0 spiro atoms. The molecule has 5 rings (SSSR count). The standard InChI is InChI=1S/C25H19N5/c1-30-20(16-28-22-10-2-6-18-8-4-14-26-24(18)22)12-13-21(30)17-29-23-11-3-7-19-9-5-15-27-25(19)23/h2-17H,1H3. The first-order valence-electron chi connectivity index (χ1n) is 9.71. The van der Waals surface area contributed by atoms with Gasteiger partial charge in [-0.05, 0) is 36.4 Å². The predicted molar refractivity (Wildman–Crippen MR) is 123 cm³/mol. The Hall–Kier alpha value is -4.12. The second kappa shape index (κ2) is 7.72. The molecule has 5 heteroatoms. The Kier molecular flexibility index (Phi) is 4.62. The topological polar surface area (TPSA) is 55.4 Å². The largest absolute Gasteiger partial charge is 0.342 e. The highest BCUT2D eigenvalue weighted by Crippen LogP contribution is 2.24. The van der Waals surface area contributed by atoms with Gasteiger partial charge in [0.2, 0.25) is 0 Å². The van der Waals surface area contributed by atoms with Gasteiger partial charge < -0.3 is 4.57 Å². The van der Waals surface area contributed by atoms with E-state index >= 15 is 0 Å². The Labute approximate surface area is 174 Å². The Morgan fingerprint density at radius 3 is 1.60 bits per heavy atom. The highest BCUT2D eigenvalue weighted by atomic mass is 15.0. The molecule has 0 fully saturated rings. The van der Waals surface area contributed by atoms with E-state index in [1.165, 1.54) is 0 Å². The molecule has 0 radical (unpaired) electrons. The van der Waals surface area contributed by atoms with E-state index in [2.05, 4.69) is 24.5 Å².